The van der Waals surface area contributed by atoms with Gasteiger partial charge < -0.3 is 14.2 Å². The van der Waals surface area contributed by atoms with Crippen LogP contribution in [0.3, 0.4) is 0 Å². The monoisotopic (exact) mass is 367 g/mol. The molecule has 0 N–H and O–H groups in total. The molecule has 0 radical (unpaired) electrons. The zero-order valence-electron chi connectivity index (χ0n) is 13.5. The summed E-state index contributed by atoms with van der Waals surface area (Å²) in [5, 5.41) is 0. The van der Waals surface area contributed by atoms with E-state index in [1.807, 2.05) is 6.07 Å². The second-order valence-electron chi connectivity index (χ2n) is 4.77. The third kappa shape index (κ3) is 4.07. The van der Waals surface area contributed by atoms with Gasteiger partial charge in [-0.3, -0.25) is 14.5 Å². The lowest BCUT2D eigenvalue weighted by atomic mass is 10.2. The van der Waals surface area contributed by atoms with Crippen molar-refractivity contribution in [2.24, 2.45) is 0 Å². The second-order valence-corrected chi connectivity index (χ2v) is 6.45. The van der Waals surface area contributed by atoms with E-state index in [0.29, 0.717) is 20.7 Å². The maximum Gasteiger partial charge on any atom is 0.307 e. The van der Waals surface area contributed by atoms with Crippen LogP contribution in [0.2, 0.25) is 0 Å². The Bertz CT molecular complexity index is 702. The first-order valence-electron chi connectivity index (χ1n) is 7.04. The number of benzene rings is 1. The summed E-state index contributed by atoms with van der Waals surface area (Å²) < 4.78 is 15.5. The van der Waals surface area contributed by atoms with Crippen molar-refractivity contribution < 1.29 is 23.8 Å². The van der Waals surface area contributed by atoms with Crippen LogP contribution < -0.4 is 9.47 Å². The number of hydrogen-bond acceptors (Lipinski definition) is 7. The van der Waals surface area contributed by atoms with Crippen LogP contribution in [0, 0.1) is 0 Å². The van der Waals surface area contributed by atoms with Crippen LogP contribution in [0.1, 0.15) is 12.0 Å². The van der Waals surface area contributed by atoms with Crippen molar-refractivity contribution in [3.8, 4) is 11.5 Å². The fraction of sp³-hybridized carbons (Fsp3) is 0.312. The second kappa shape index (κ2) is 8.16. The van der Waals surface area contributed by atoms with Gasteiger partial charge in [-0.05, 0) is 23.8 Å². The van der Waals surface area contributed by atoms with E-state index < -0.39 is 0 Å². The summed E-state index contributed by atoms with van der Waals surface area (Å²) in [6, 6.07) is 5.37. The molecule has 1 aliphatic rings. The normalized spacial score (nSPS) is 15.8. The van der Waals surface area contributed by atoms with Crippen molar-refractivity contribution in [2.75, 3.05) is 27.9 Å². The largest absolute Gasteiger partial charge is 0.493 e. The molecule has 1 fully saturated rings. The molecule has 0 spiro atoms. The molecule has 1 aromatic carbocycles. The van der Waals surface area contributed by atoms with Gasteiger partial charge in [-0.25, -0.2) is 0 Å². The Hall–Kier alpha value is -2.06. The molecule has 0 unspecified atom stereocenters. The maximum absolute atomic E-state index is 12.4. The van der Waals surface area contributed by atoms with E-state index in [1.54, 1.807) is 32.4 Å². The van der Waals surface area contributed by atoms with Gasteiger partial charge in [-0.2, -0.15) is 0 Å². The summed E-state index contributed by atoms with van der Waals surface area (Å²) in [7, 11) is 4.42. The van der Waals surface area contributed by atoms with Crippen molar-refractivity contribution >= 4 is 46.3 Å². The lowest BCUT2D eigenvalue weighted by molar-refractivity contribution is -0.140. The predicted molar refractivity (Wildman–Crippen MR) is 96.1 cm³/mol. The molecule has 0 aliphatic carbocycles. The number of ether oxygens (including phenoxy) is 3. The van der Waals surface area contributed by atoms with Gasteiger partial charge >= 0.3 is 5.97 Å². The van der Waals surface area contributed by atoms with Gasteiger partial charge in [0.25, 0.3) is 5.91 Å². The zero-order chi connectivity index (χ0) is 17.7. The van der Waals surface area contributed by atoms with Gasteiger partial charge in [0.2, 0.25) is 0 Å². The minimum absolute atomic E-state index is 0.104. The van der Waals surface area contributed by atoms with Crippen molar-refractivity contribution in [3.63, 3.8) is 0 Å². The molecule has 24 heavy (non-hydrogen) atoms. The van der Waals surface area contributed by atoms with Crippen LogP contribution in [0.15, 0.2) is 23.1 Å². The summed E-state index contributed by atoms with van der Waals surface area (Å²) in [4.78, 5) is 25.6. The summed E-state index contributed by atoms with van der Waals surface area (Å²) >= 11 is 6.42. The van der Waals surface area contributed by atoms with Gasteiger partial charge in [0.15, 0.2) is 11.5 Å². The van der Waals surface area contributed by atoms with Gasteiger partial charge in [-0.15, -0.1) is 0 Å². The van der Waals surface area contributed by atoms with E-state index in [2.05, 4.69) is 4.74 Å². The van der Waals surface area contributed by atoms with Crippen LogP contribution in [-0.4, -0.2) is 49.0 Å². The average molecular weight is 367 g/mol. The molecule has 1 amide bonds. The van der Waals surface area contributed by atoms with Crippen molar-refractivity contribution in [1.29, 1.82) is 0 Å². The molecule has 1 aromatic rings. The van der Waals surface area contributed by atoms with Gasteiger partial charge in [0.1, 0.15) is 4.32 Å². The van der Waals surface area contributed by atoms with Gasteiger partial charge in [-0.1, -0.05) is 30.0 Å². The highest BCUT2D eigenvalue weighted by atomic mass is 32.2. The highest BCUT2D eigenvalue weighted by Crippen LogP contribution is 2.34. The van der Waals surface area contributed by atoms with Crippen LogP contribution >= 0.6 is 24.0 Å². The summed E-state index contributed by atoms with van der Waals surface area (Å²) in [5.41, 5.74) is 0.793. The zero-order valence-corrected chi connectivity index (χ0v) is 15.2. The number of esters is 1. The molecule has 0 bridgehead atoms. The molecule has 0 atom stereocenters. The first-order chi connectivity index (χ1) is 11.5. The number of thioether (sulfide) groups is 1. The van der Waals surface area contributed by atoms with Crippen LogP contribution in [0.25, 0.3) is 6.08 Å². The SMILES string of the molecule is COC(=O)CCN1C(=O)/C(=C\c2ccc(OC)c(OC)c2)SC1=S. The maximum atomic E-state index is 12.4. The number of carbonyl (C=O) groups excluding carboxylic acids is 2. The van der Waals surface area contributed by atoms with Crippen molar-refractivity contribution in [3.05, 3.63) is 28.7 Å². The molecule has 6 nitrogen and oxygen atoms in total. The van der Waals surface area contributed by atoms with Crippen molar-refractivity contribution in [2.45, 2.75) is 6.42 Å². The van der Waals surface area contributed by atoms with E-state index in [-0.39, 0.29) is 24.8 Å². The van der Waals surface area contributed by atoms with E-state index in [9.17, 15) is 9.59 Å². The summed E-state index contributed by atoms with van der Waals surface area (Å²) in [5.74, 6) is 0.587. The molecule has 128 valence electrons. The lowest BCUT2D eigenvalue weighted by Crippen LogP contribution is -2.30. The number of carbonyl (C=O) groups is 2. The number of methoxy groups -OCH3 is 3. The summed E-state index contributed by atoms with van der Waals surface area (Å²) in [6.07, 6.45) is 1.84. The average Bonchev–Trinajstić information content (AvgIpc) is 2.86. The van der Waals surface area contributed by atoms with Crippen molar-refractivity contribution in [1.82, 2.24) is 4.90 Å². The molecule has 1 saturated heterocycles. The van der Waals surface area contributed by atoms with E-state index in [4.69, 9.17) is 21.7 Å². The third-order valence-electron chi connectivity index (χ3n) is 3.35. The standard InChI is InChI=1S/C16H17NO5S2/c1-20-11-5-4-10(8-12(11)21-2)9-13-15(19)17(16(23)24-13)7-6-14(18)22-3/h4-5,8-9H,6-7H2,1-3H3/b13-9+. The highest BCUT2D eigenvalue weighted by molar-refractivity contribution is 8.26. The number of nitrogens with zero attached hydrogens (tertiary/aromatic N) is 1. The van der Waals surface area contributed by atoms with Crippen LogP contribution in [0.4, 0.5) is 0 Å². The molecule has 0 saturated carbocycles. The molecular formula is C16H17NO5S2. The number of hydrogen-bond donors (Lipinski definition) is 0. The van der Waals surface area contributed by atoms with E-state index in [0.717, 1.165) is 5.56 Å². The molecule has 1 heterocycles. The Morgan fingerprint density at radius 1 is 1.25 bits per heavy atom. The Balaban J connectivity index is 2.17. The highest BCUT2D eigenvalue weighted by Gasteiger charge is 2.32. The third-order valence-corrected chi connectivity index (χ3v) is 4.72. The molecule has 2 rings (SSSR count). The quantitative estimate of drug-likeness (QED) is 0.435. The number of amides is 1. The Morgan fingerprint density at radius 2 is 1.96 bits per heavy atom. The molecule has 0 aromatic heterocycles. The first-order valence-corrected chi connectivity index (χ1v) is 8.26. The van der Waals surface area contributed by atoms with Crippen LogP contribution in [-0.2, 0) is 14.3 Å². The fourth-order valence-electron chi connectivity index (χ4n) is 2.09. The number of thiocarbonyl (C=S) groups is 1. The lowest BCUT2D eigenvalue weighted by Gasteiger charge is -2.13. The summed E-state index contributed by atoms with van der Waals surface area (Å²) in [6.45, 7) is 0.209. The molecule has 1 aliphatic heterocycles. The van der Waals surface area contributed by atoms with Gasteiger partial charge in [0.05, 0.1) is 32.7 Å². The fourth-order valence-corrected chi connectivity index (χ4v) is 3.40. The molecular weight excluding hydrogens is 350 g/mol. The predicted octanol–water partition coefficient (Wildman–Crippen LogP) is 2.47. The minimum atomic E-state index is -0.382. The van der Waals surface area contributed by atoms with E-state index >= 15 is 0 Å². The Kier molecular flexibility index (Phi) is 6.22. The van der Waals surface area contributed by atoms with Crippen LogP contribution in [0.5, 0.6) is 11.5 Å². The number of rotatable bonds is 6. The van der Waals surface area contributed by atoms with Gasteiger partial charge in [0, 0.05) is 6.54 Å². The molecule has 8 heteroatoms. The first kappa shape index (κ1) is 18.3. The topological polar surface area (TPSA) is 65.1 Å². The van der Waals surface area contributed by atoms with E-state index in [1.165, 1.54) is 23.8 Å². The smallest absolute Gasteiger partial charge is 0.307 e. The Labute approximate surface area is 149 Å². The Morgan fingerprint density at radius 3 is 2.58 bits per heavy atom. The minimum Gasteiger partial charge on any atom is -0.493 e.